The lowest BCUT2D eigenvalue weighted by atomic mass is 10.4. The predicted molar refractivity (Wildman–Crippen MR) is 350 cm³/mol. The molecule has 0 saturated heterocycles. The van der Waals surface area contributed by atoms with E-state index >= 15 is 0 Å². The Balaban J connectivity index is -0.000000272. The van der Waals surface area contributed by atoms with Gasteiger partial charge < -0.3 is 28.2 Å². The van der Waals surface area contributed by atoms with Gasteiger partial charge in [0.1, 0.15) is 0 Å². The fraction of sp³-hybridized carbons (Fsp3) is 1.00. The molecule has 0 rings (SSSR count). The molecule has 0 aromatic heterocycles. The second kappa shape index (κ2) is 61.4. The molecule has 0 amide bonds. The topological polar surface area (TPSA) is 92.2 Å². The molecule has 0 radical (unpaired) electrons. The zero-order chi connectivity index (χ0) is 56.4. The van der Waals surface area contributed by atoms with Crippen LogP contribution in [0.4, 0.5) is 0 Å². The van der Waals surface area contributed by atoms with Crippen molar-refractivity contribution in [3.8, 4) is 0 Å². The molecule has 4 nitrogen and oxygen atoms in total. The fourth-order valence-electron chi connectivity index (χ4n) is 10.6. The average molecular weight is 1130 g/mol. The monoisotopic (exact) mass is 1130 g/mol. The van der Waals surface area contributed by atoms with Crippen LogP contribution in [0.25, 0.3) is 0 Å². The van der Waals surface area contributed by atoms with Gasteiger partial charge in [-0.1, -0.05) is 214 Å². The summed E-state index contributed by atoms with van der Waals surface area (Å²) in [5.74, 6) is 0. The van der Waals surface area contributed by atoms with E-state index in [1.54, 1.807) is 98.6 Å². The van der Waals surface area contributed by atoms with Crippen molar-refractivity contribution in [1.82, 2.24) is 0 Å². The van der Waals surface area contributed by atoms with Crippen LogP contribution < -0.4 is 19.2 Å². The number of hydrogen-bond donors (Lipinski definition) is 0. The SMILES string of the molecule is CCCC[P+](CCCC)(CCCC)CCCC.CCCC[P+](CCCC)(CCCC)CCCC.CCCC[P+](CCCC)(CCCC)CCCC.CCCC[P+](CCCC)(CCCC)CCCC.[O-][Si]([O-])([O-])[O-]. The highest BCUT2D eigenvalue weighted by atomic mass is 31.2. The summed E-state index contributed by atoms with van der Waals surface area (Å²) >= 11 is 0. The number of unbranched alkanes of at least 4 members (excludes halogenated alkanes) is 16. The second-order valence-corrected chi connectivity index (χ2v) is 42.0. The van der Waals surface area contributed by atoms with E-state index in [1.807, 2.05) is 0 Å². The van der Waals surface area contributed by atoms with Crippen LogP contribution in [0.2, 0.25) is 0 Å². The van der Waals surface area contributed by atoms with Gasteiger partial charge in [0.2, 0.25) is 0 Å². The lowest BCUT2D eigenvalue weighted by molar-refractivity contribution is -0.624. The van der Waals surface area contributed by atoms with Crippen LogP contribution in [0.3, 0.4) is 0 Å². The molecule has 0 unspecified atom stereocenters. The molecule has 0 N–H and O–H groups in total. The molecule has 0 heterocycles. The van der Waals surface area contributed by atoms with Crippen molar-refractivity contribution >= 4 is 38.1 Å². The van der Waals surface area contributed by atoms with Crippen molar-refractivity contribution in [3.05, 3.63) is 0 Å². The maximum absolute atomic E-state index is 8.58. The van der Waals surface area contributed by atoms with E-state index < -0.39 is 38.1 Å². The van der Waals surface area contributed by atoms with E-state index in [-0.39, 0.29) is 0 Å². The van der Waals surface area contributed by atoms with Crippen LogP contribution in [-0.4, -0.2) is 108 Å². The molecule has 0 aliphatic heterocycles. The molecule has 0 aliphatic rings. The minimum absolute atomic E-state index is 0.562. The molecule has 0 bridgehead atoms. The minimum Gasteiger partial charge on any atom is -0.894 e. The maximum Gasteiger partial charge on any atom is 0.0594 e. The zero-order valence-electron chi connectivity index (χ0n) is 53.9. The highest BCUT2D eigenvalue weighted by molar-refractivity contribution is 7.76. The first-order valence-corrected chi connectivity index (χ1v) is 44.9. The smallest absolute Gasteiger partial charge is 0.0594 e. The van der Waals surface area contributed by atoms with Gasteiger partial charge in [-0.05, 0) is 103 Å². The maximum atomic E-state index is 8.58. The molecule has 0 saturated carbocycles. The summed E-state index contributed by atoms with van der Waals surface area (Å²) in [5.41, 5.74) is 0. The number of rotatable bonds is 48. The van der Waals surface area contributed by atoms with Crippen LogP contribution in [0, 0.1) is 0 Å². The van der Waals surface area contributed by atoms with Crippen molar-refractivity contribution in [2.75, 3.05) is 98.6 Å². The molecule has 9 heteroatoms. The molecule has 0 spiro atoms. The van der Waals surface area contributed by atoms with Crippen LogP contribution in [0.1, 0.15) is 316 Å². The third kappa shape index (κ3) is 56.8. The molecular weight excluding hydrogens is 985 g/mol. The summed E-state index contributed by atoms with van der Waals surface area (Å²) < 4.78 is 0. The van der Waals surface area contributed by atoms with Crippen molar-refractivity contribution in [2.45, 2.75) is 316 Å². The molecule has 0 aromatic rings. The first kappa shape index (κ1) is 83.6. The van der Waals surface area contributed by atoms with E-state index in [9.17, 15) is 0 Å². The van der Waals surface area contributed by atoms with Crippen LogP contribution in [0.15, 0.2) is 0 Å². The van der Waals surface area contributed by atoms with Gasteiger partial charge in [-0.25, -0.2) is 0 Å². The van der Waals surface area contributed by atoms with E-state index in [2.05, 4.69) is 111 Å². The second-order valence-electron chi connectivity index (χ2n) is 23.1. The lowest BCUT2D eigenvalue weighted by Gasteiger charge is -2.67. The summed E-state index contributed by atoms with van der Waals surface area (Å²) in [5, 5.41) is 0. The van der Waals surface area contributed by atoms with Gasteiger partial charge >= 0.3 is 0 Å². The first-order chi connectivity index (χ1) is 35.0. The van der Waals surface area contributed by atoms with E-state index in [4.69, 9.17) is 19.2 Å². The largest absolute Gasteiger partial charge is 0.894 e. The van der Waals surface area contributed by atoms with Crippen molar-refractivity contribution in [1.29, 1.82) is 0 Å². The molecule has 73 heavy (non-hydrogen) atoms. The fourth-order valence-corrected chi connectivity index (χ4v) is 31.7. The molecule has 0 aliphatic carbocycles. The molecular formula is C64H144O4P4Si. The van der Waals surface area contributed by atoms with E-state index in [0.717, 1.165) is 0 Å². The Morgan fingerprint density at radius 2 is 0.219 bits per heavy atom. The molecule has 0 aromatic carbocycles. The van der Waals surface area contributed by atoms with Crippen LogP contribution in [0.5, 0.6) is 0 Å². The van der Waals surface area contributed by atoms with Gasteiger partial charge in [0.05, 0.1) is 98.6 Å². The van der Waals surface area contributed by atoms with Crippen molar-refractivity contribution in [3.63, 3.8) is 0 Å². The van der Waals surface area contributed by atoms with Gasteiger partial charge in [0.25, 0.3) is 0 Å². The van der Waals surface area contributed by atoms with Gasteiger partial charge in [-0.2, -0.15) is 0 Å². The Morgan fingerprint density at radius 3 is 0.260 bits per heavy atom. The summed E-state index contributed by atoms with van der Waals surface area (Å²) in [6.45, 7) is 37.7. The normalized spacial score (nSPS) is 12.0. The summed E-state index contributed by atoms with van der Waals surface area (Å²) in [6, 6.07) is 0. The Kier molecular flexibility index (Phi) is 70.3. The van der Waals surface area contributed by atoms with Gasteiger partial charge in [0, 0.05) is 29.0 Å². The van der Waals surface area contributed by atoms with Crippen LogP contribution in [-0.2, 0) is 0 Å². The van der Waals surface area contributed by atoms with Crippen molar-refractivity contribution < 1.29 is 19.2 Å². The highest BCUT2D eigenvalue weighted by Gasteiger charge is 2.37. The van der Waals surface area contributed by atoms with E-state index in [1.165, 1.54) is 205 Å². The minimum atomic E-state index is -5.61. The Morgan fingerprint density at radius 1 is 0.164 bits per heavy atom. The highest BCUT2D eigenvalue weighted by Crippen LogP contribution is 2.64. The zero-order valence-corrected chi connectivity index (χ0v) is 58.4. The molecule has 0 atom stereocenters. The van der Waals surface area contributed by atoms with Crippen molar-refractivity contribution in [2.24, 2.45) is 0 Å². The molecule has 0 fully saturated rings. The average Bonchev–Trinajstić information content (AvgIpc) is 3.39. The predicted octanol–water partition coefficient (Wildman–Crippen LogP) is 19.7. The van der Waals surface area contributed by atoms with E-state index in [0.29, 0.717) is 0 Å². The van der Waals surface area contributed by atoms with Crippen LogP contribution >= 0.6 is 29.0 Å². The standard InChI is InChI=1S/4C16H36P.O4Si/c4*1-5-9-13-17(14-10-6-2,15-11-7-3)16-12-8-4;1-5(2,3)4/h4*5-16H2,1-4H3;/q4*+1;-4. The first-order valence-electron chi connectivity index (χ1n) is 33.2. The molecule has 448 valence electrons. The quantitative estimate of drug-likeness (QED) is 0.0448. The Bertz CT molecular complexity index is 715. The third-order valence-corrected chi connectivity index (χ3v) is 36.0. The lowest BCUT2D eigenvalue weighted by Crippen LogP contribution is -2.82. The third-order valence-electron chi connectivity index (χ3n) is 15.8. The Hall–Kier alpha value is 1.78. The van der Waals surface area contributed by atoms with Gasteiger partial charge in [0.15, 0.2) is 0 Å². The van der Waals surface area contributed by atoms with Gasteiger partial charge in [-0.15, -0.1) is 0 Å². The Labute approximate surface area is 469 Å². The summed E-state index contributed by atoms with van der Waals surface area (Å²) in [7, 11) is -7.86. The number of hydrogen-bond acceptors (Lipinski definition) is 4. The van der Waals surface area contributed by atoms with Gasteiger partial charge in [-0.3, -0.25) is 0 Å². The summed E-state index contributed by atoms with van der Waals surface area (Å²) in [6.07, 6.45) is 71.8. The summed E-state index contributed by atoms with van der Waals surface area (Å²) in [4.78, 5) is 34.3.